The van der Waals surface area contributed by atoms with Crippen LogP contribution < -0.4 is 16.0 Å². The molecule has 4 nitrogen and oxygen atoms in total. The minimum atomic E-state index is -0.0107. The Balaban J connectivity index is 0.00000192. The molecule has 1 atom stereocenters. The molecule has 1 saturated heterocycles. The molecular formula is C18H22ClN3O. The maximum atomic E-state index is 12.3. The molecule has 1 heterocycles. The molecule has 3 rings (SSSR count). The van der Waals surface area contributed by atoms with E-state index in [1.165, 1.54) is 5.69 Å². The topological polar surface area (TPSA) is 58.4 Å². The molecule has 1 aliphatic heterocycles. The van der Waals surface area contributed by atoms with Crippen LogP contribution >= 0.6 is 12.4 Å². The second-order valence-electron chi connectivity index (χ2n) is 5.64. The number of hydrogen-bond donors (Lipinski definition) is 2. The lowest BCUT2D eigenvalue weighted by Gasteiger charge is -2.19. The van der Waals surface area contributed by atoms with Gasteiger partial charge in [-0.1, -0.05) is 30.3 Å². The standard InChI is InChI=1S/C18H21N3O.ClH/c19-12-14-6-8-15(9-7-14)18(22)20-16-10-11-21(13-16)17-4-2-1-3-5-17;/h1-9,16H,10-13,19H2,(H,20,22);1H. The van der Waals surface area contributed by atoms with E-state index < -0.39 is 0 Å². The van der Waals surface area contributed by atoms with Crippen molar-refractivity contribution in [3.05, 3.63) is 65.7 Å². The predicted octanol–water partition coefficient (Wildman–Crippen LogP) is 2.58. The van der Waals surface area contributed by atoms with Crippen molar-refractivity contribution in [2.45, 2.75) is 19.0 Å². The second kappa shape index (κ2) is 7.99. The van der Waals surface area contributed by atoms with Gasteiger partial charge >= 0.3 is 0 Å². The van der Waals surface area contributed by atoms with Crippen LogP contribution in [0.5, 0.6) is 0 Å². The third-order valence-corrected chi connectivity index (χ3v) is 4.10. The normalized spacial score (nSPS) is 16.7. The molecule has 0 aliphatic carbocycles. The fraction of sp³-hybridized carbons (Fsp3) is 0.278. The van der Waals surface area contributed by atoms with E-state index in [1.807, 2.05) is 42.5 Å². The van der Waals surface area contributed by atoms with Gasteiger partial charge in [-0.05, 0) is 36.2 Å². The number of anilines is 1. The van der Waals surface area contributed by atoms with Gasteiger partial charge in [0.25, 0.3) is 5.91 Å². The molecule has 0 spiro atoms. The summed E-state index contributed by atoms with van der Waals surface area (Å²) in [6.07, 6.45) is 0.974. The Morgan fingerprint density at radius 2 is 1.83 bits per heavy atom. The molecule has 23 heavy (non-hydrogen) atoms. The van der Waals surface area contributed by atoms with Crippen LogP contribution in [0.3, 0.4) is 0 Å². The van der Waals surface area contributed by atoms with Gasteiger partial charge in [0.1, 0.15) is 0 Å². The zero-order chi connectivity index (χ0) is 15.4. The minimum absolute atomic E-state index is 0. The molecule has 2 aromatic carbocycles. The van der Waals surface area contributed by atoms with E-state index in [0.29, 0.717) is 12.1 Å². The number of nitrogens with zero attached hydrogens (tertiary/aromatic N) is 1. The highest BCUT2D eigenvalue weighted by molar-refractivity contribution is 5.94. The number of nitrogens with one attached hydrogen (secondary N) is 1. The monoisotopic (exact) mass is 331 g/mol. The number of amides is 1. The zero-order valence-electron chi connectivity index (χ0n) is 12.9. The van der Waals surface area contributed by atoms with E-state index in [0.717, 1.165) is 25.1 Å². The van der Waals surface area contributed by atoms with Crippen LogP contribution in [-0.4, -0.2) is 25.0 Å². The Kier molecular flexibility index (Phi) is 6.02. The summed E-state index contributed by atoms with van der Waals surface area (Å²) >= 11 is 0. The summed E-state index contributed by atoms with van der Waals surface area (Å²) in [7, 11) is 0. The molecule has 5 heteroatoms. The van der Waals surface area contributed by atoms with Crippen molar-refractivity contribution in [2.24, 2.45) is 5.73 Å². The van der Waals surface area contributed by atoms with Gasteiger partial charge in [-0.25, -0.2) is 0 Å². The van der Waals surface area contributed by atoms with Crippen molar-refractivity contribution in [1.82, 2.24) is 5.32 Å². The van der Waals surface area contributed by atoms with Crippen LogP contribution in [0, 0.1) is 0 Å². The maximum absolute atomic E-state index is 12.3. The molecule has 2 aromatic rings. The molecule has 3 N–H and O–H groups in total. The minimum Gasteiger partial charge on any atom is -0.369 e. The van der Waals surface area contributed by atoms with E-state index in [4.69, 9.17) is 5.73 Å². The Morgan fingerprint density at radius 1 is 1.13 bits per heavy atom. The van der Waals surface area contributed by atoms with Gasteiger partial charge in [0.05, 0.1) is 0 Å². The molecule has 1 amide bonds. The van der Waals surface area contributed by atoms with Crippen molar-refractivity contribution in [3.8, 4) is 0 Å². The molecule has 0 saturated carbocycles. The molecule has 1 aliphatic rings. The van der Waals surface area contributed by atoms with Gasteiger partial charge in [0, 0.05) is 36.9 Å². The third-order valence-electron chi connectivity index (χ3n) is 4.10. The molecule has 0 bridgehead atoms. The largest absolute Gasteiger partial charge is 0.369 e. The summed E-state index contributed by atoms with van der Waals surface area (Å²) in [4.78, 5) is 14.6. The van der Waals surface area contributed by atoms with Crippen LogP contribution in [0.1, 0.15) is 22.3 Å². The van der Waals surface area contributed by atoms with Crippen LogP contribution in [-0.2, 0) is 6.54 Å². The van der Waals surface area contributed by atoms with Gasteiger partial charge in [-0.15, -0.1) is 12.4 Å². The van der Waals surface area contributed by atoms with E-state index in [9.17, 15) is 4.79 Å². The van der Waals surface area contributed by atoms with Crippen molar-refractivity contribution in [1.29, 1.82) is 0 Å². The second-order valence-corrected chi connectivity index (χ2v) is 5.64. The first-order valence-electron chi connectivity index (χ1n) is 7.66. The van der Waals surface area contributed by atoms with Gasteiger partial charge in [0.2, 0.25) is 0 Å². The predicted molar refractivity (Wildman–Crippen MR) is 96.1 cm³/mol. The van der Waals surface area contributed by atoms with Gasteiger partial charge in [-0.2, -0.15) is 0 Å². The SMILES string of the molecule is Cl.NCc1ccc(C(=O)NC2CCN(c3ccccc3)C2)cc1. The fourth-order valence-electron chi connectivity index (χ4n) is 2.81. The number of rotatable bonds is 4. The lowest BCUT2D eigenvalue weighted by molar-refractivity contribution is 0.0940. The fourth-order valence-corrected chi connectivity index (χ4v) is 2.81. The lowest BCUT2D eigenvalue weighted by Crippen LogP contribution is -2.37. The van der Waals surface area contributed by atoms with Crippen LogP contribution in [0.15, 0.2) is 54.6 Å². The van der Waals surface area contributed by atoms with Crippen LogP contribution in [0.4, 0.5) is 5.69 Å². The molecule has 0 radical (unpaired) electrons. The first-order chi connectivity index (χ1) is 10.8. The Bertz CT molecular complexity index is 630. The number of carbonyl (C=O) groups excluding carboxylic acids is 1. The Morgan fingerprint density at radius 3 is 2.48 bits per heavy atom. The average molecular weight is 332 g/mol. The smallest absolute Gasteiger partial charge is 0.251 e. The van der Waals surface area contributed by atoms with E-state index in [-0.39, 0.29) is 24.4 Å². The molecule has 122 valence electrons. The summed E-state index contributed by atoms with van der Waals surface area (Å²) in [6.45, 7) is 2.33. The van der Waals surface area contributed by atoms with Crippen molar-refractivity contribution in [2.75, 3.05) is 18.0 Å². The molecular weight excluding hydrogens is 310 g/mol. The van der Waals surface area contributed by atoms with E-state index in [1.54, 1.807) is 0 Å². The van der Waals surface area contributed by atoms with E-state index in [2.05, 4.69) is 22.3 Å². The van der Waals surface area contributed by atoms with E-state index >= 15 is 0 Å². The Labute approximate surface area is 143 Å². The quantitative estimate of drug-likeness (QED) is 0.905. The first kappa shape index (κ1) is 17.3. The van der Waals surface area contributed by atoms with Crippen molar-refractivity contribution < 1.29 is 4.79 Å². The zero-order valence-corrected chi connectivity index (χ0v) is 13.8. The number of hydrogen-bond acceptors (Lipinski definition) is 3. The number of para-hydroxylation sites is 1. The summed E-state index contributed by atoms with van der Waals surface area (Å²) in [5.41, 5.74) is 8.51. The number of nitrogens with two attached hydrogens (primary N) is 1. The first-order valence-corrected chi connectivity index (χ1v) is 7.66. The Hall–Kier alpha value is -2.04. The number of benzene rings is 2. The highest BCUT2D eigenvalue weighted by atomic mass is 35.5. The summed E-state index contributed by atoms with van der Waals surface area (Å²) in [5, 5.41) is 3.12. The average Bonchev–Trinajstić information content (AvgIpc) is 3.04. The molecule has 1 fully saturated rings. The summed E-state index contributed by atoms with van der Waals surface area (Å²) in [5.74, 6) is -0.0107. The van der Waals surface area contributed by atoms with Gasteiger partial charge < -0.3 is 16.0 Å². The van der Waals surface area contributed by atoms with Gasteiger partial charge in [0.15, 0.2) is 0 Å². The van der Waals surface area contributed by atoms with Gasteiger partial charge in [-0.3, -0.25) is 4.79 Å². The summed E-state index contributed by atoms with van der Waals surface area (Å²) < 4.78 is 0. The summed E-state index contributed by atoms with van der Waals surface area (Å²) in [6, 6.07) is 18.0. The molecule has 1 unspecified atom stereocenters. The van der Waals surface area contributed by atoms with Crippen molar-refractivity contribution >= 4 is 24.0 Å². The van der Waals surface area contributed by atoms with Crippen LogP contribution in [0.2, 0.25) is 0 Å². The number of carbonyl (C=O) groups is 1. The number of halogens is 1. The maximum Gasteiger partial charge on any atom is 0.251 e. The van der Waals surface area contributed by atoms with Crippen LogP contribution in [0.25, 0.3) is 0 Å². The van der Waals surface area contributed by atoms with Crippen molar-refractivity contribution in [3.63, 3.8) is 0 Å². The highest BCUT2D eigenvalue weighted by Gasteiger charge is 2.24. The lowest BCUT2D eigenvalue weighted by atomic mass is 10.1. The third kappa shape index (κ3) is 4.24. The molecule has 0 aromatic heterocycles. The highest BCUT2D eigenvalue weighted by Crippen LogP contribution is 2.19.